The molecule has 0 fully saturated rings. The number of anilines is 1. The average molecular weight is 293 g/mol. The van der Waals surface area contributed by atoms with E-state index in [1.165, 1.54) is 6.07 Å². The number of carbonyl (C=O) groups is 2. The first-order valence-electron chi connectivity index (χ1n) is 7.03. The Morgan fingerprint density at radius 2 is 2.14 bits per heavy atom. The van der Waals surface area contributed by atoms with Crippen molar-refractivity contribution in [1.29, 1.82) is 0 Å². The predicted molar refractivity (Wildman–Crippen MR) is 77.9 cm³/mol. The zero-order valence-electron chi connectivity index (χ0n) is 12.0. The van der Waals surface area contributed by atoms with Crippen molar-refractivity contribution in [2.75, 3.05) is 5.32 Å². The summed E-state index contributed by atoms with van der Waals surface area (Å²) in [6, 6.07) is 2.54. The lowest BCUT2D eigenvalue weighted by Crippen LogP contribution is -2.22. The highest BCUT2D eigenvalue weighted by Gasteiger charge is 2.21. The summed E-state index contributed by atoms with van der Waals surface area (Å²) >= 11 is 0. The molecule has 0 spiro atoms. The standard InChI is InChI=1S/C15H20FN3O2/c1-8(5-14(18)20)4-12(17)10-6-9-2-3-15(21)19-13(9)7-11(10)16/h6-8,12H,2-5,17H2,1H3,(H2,18,20)(H,19,21). The monoisotopic (exact) mass is 293 g/mol. The molecular formula is C15H20FN3O2. The van der Waals surface area contributed by atoms with Gasteiger partial charge in [-0.3, -0.25) is 9.59 Å². The second-order valence-electron chi connectivity index (χ2n) is 5.70. The van der Waals surface area contributed by atoms with Gasteiger partial charge in [0, 0.05) is 30.1 Å². The van der Waals surface area contributed by atoms with Crippen molar-refractivity contribution in [2.24, 2.45) is 17.4 Å². The van der Waals surface area contributed by atoms with Gasteiger partial charge in [0.2, 0.25) is 11.8 Å². The van der Waals surface area contributed by atoms with Gasteiger partial charge in [-0.15, -0.1) is 0 Å². The summed E-state index contributed by atoms with van der Waals surface area (Å²) in [6.07, 6.45) is 1.69. The Morgan fingerprint density at radius 3 is 2.81 bits per heavy atom. The van der Waals surface area contributed by atoms with Crippen LogP contribution in [0.2, 0.25) is 0 Å². The van der Waals surface area contributed by atoms with Crippen LogP contribution in [0.25, 0.3) is 0 Å². The van der Waals surface area contributed by atoms with Crippen LogP contribution in [0.4, 0.5) is 10.1 Å². The Balaban J connectivity index is 2.16. The maximum absolute atomic E-state index is 14.1. The minimum absolute atomic E-state index is 0.00682. The minimum Gasteiger partial charge on any atom is -0.370 e. The highest BCUT2D eigenvalue weighted by atomic mass is 19.1. The zero-order valence-corrected chi connectivity index (χ0v) is 12.0. The summed E-state index contributed by atoms with van der Waals surface area (Å²) in [7, 11) is 0. The summed E-state index contributed by atoms with van der Waals surface area (Å²) in [5.74, 6) is -0.931. The Hall–Kier alpha value is -1.95. The van der Waals surface area contributed by atoms with Crippen LogP contribution in [0, 0.1) is 11.7 Å². The number of halogens is 1. The lowest BCUT2D eigenvalue weighted by Gasteiger charge is -2.22. The Morgan fingerprint density at radius 1 is 1.43 bits per heavy atom. The number of amides is 2. The van der Waals surface area contributed by atoms with E-state index in [2.05, 4.69) is 5.32 Å². The molecule has 1 heterocycles. The van der Waals surface area contributed by atoms with E-state index in [4.69, 9.17) is 11.5 Å². The average Bonchev–Trinajstić information content (AvgIpc) is 2.36. The minimum atomic E-state index is -0.498. The molecule has 2 unspecified atom stereocenters. The van der Waals surface area contributed by atoms with Crippen molar-refractivity contribution in [3.63, 3.8) is 0 Å². The number of nitrogens with one attached hydrogen (secondary N) is 1. The van der Waals surface area contributed by atoms with Gasteiger partial charge in [0.15, 0.2) is 0 Å². The molecule has 0 saturated heterocycles. The molecule has 6 heteroatoms. The number of hydrogen-bond acceptors (Lipinski definition) is 3. The first kappa shape index (κ1) is 15.4. The van der Waals surface area contributed by atoms with E-state index < -0.39 is 11.9 Å². The van der Waals surface area contributed by atoms with Gasteiger partial charge < -0.3 is 16.8 Å². The van der Waals surface area contributed by atoms with Crippen molar-refractivity contribution < 1.29 is 14.0 Å². The molecule has 21 heavy (non-hydrogen) atoms. The molecule has 0 aliphatic carbocycles. The lowest BCUT2D eigenvalue weighted by molar-refractivity contribution is -0.119. The molecule has 2 rings (SSSR count). The smallest absolute Gasteiger partial charge is 0.224 e. The quantitative estimate of drug-likeness (QED) is 0.769. The maximum Gasteiger partial charge on any atom is 0.224 e. The van der Waals surface area contributed by atoms with E-state index in [0.717, 1.165) is 5.56 Å². The third-order valence-electron chi connectivity index (χ3n) is 3.72. The second-order valence-corrected chi connectivity index (χ2v) is 5.70. The number of hydrogen-bond donors (Lipinski definition) is 3. The van der Waals surface area contributed by atoms with Crippen LogP contribution >= 0.6 is 0 Å². The fourth-order valence-corrected chi connectivity index (χ4v) is 2.69. The van der Waals surface area contributed by atoms with E-state index in [0.29, 0.717) is 30.5 Å². The summed E-state index contributed by atoms with van der Waals surface area (Å²) in [5.41, 5.74) is 13.0. The first-order valence-corrected chi connectivity index (χ1v) is 7.03. The number of carbonyl (C=O) groups excluding carboxylic acids is 2. The molecule has 0 saturated carbocycles. The van der Waals surface area contributed by atoms with Crippen molar-refractivity contribution >= 4 is 17.5 Å². The summed E-state index contributed by atoms with van der Waals surface area (Å²) in [6.45, 7) is 1.86. The number of fused-ring (bicyclic) bond motifs is 1. The number of aryl methyl sites for hydroxylation is 1. The van der Waals surface area contributed by atoms with Crippen LogP contribution in [-0.4, -0.2) is 11.8 Å². The lowest BCUT2D eigenvalue weighted by atomic mass is 9.91. The molecule has 0 radical (unpaired) electrons. The number of primary amides is 1. The zero-order chi connectivity index (χ0) is 15.6. The Bertz CT molecular complexity index is 574. The third-order valence-corrected chi connectivity index (χ3v) is 3.72. The third kappa shape index (κ3) is 3.78. The normalized spacial score (nSPS) is 16.8. The molecule has 1 aliphatic heterocycles. The van der Waals surface area contributed by atoms with Crippen LogP contribution in [0.3, 0.4) is 0 Å². The molecule has 1 aliphatic rings. The van der Waals surface area contributed by atoms with E-state index in [9.17, 15) is 14.0 Å². The largest absolute Gasteiger partial charge is 0.370 e. The molecule has 0 bridgehead atoms. The summed E-state index contributed by atoms with van der Waals surface area (Å²) in [5, 5.41) is 2.65. The Labute approximate surface area is 122 Å². The molecule has 114 valence electrons. The molecule has 2 amide bonds. The molecule has 1 aromatic rings. The van der Waals surface area contributed by atoms with Crippen LogP contribution < -0.4 is 16.8 Å². The van der Waals surface area contributed by atoms with Gasteiger partial charge in [-0.25, -0.2) is 4.39 Å². The fourth-order valence-electron chi connectivity index (χ4n) is 2.69. The van der Waals surface area contributed by atoms with Crippen molar-refractivity contribution in [3.05, 3.63) is 29.1 Å². The number of nitrogens with two attached hydrogens (primary N) is 2. The molecule has 0 aromatic heterocycles. The molecule has 1 aromatic carbocycles. The highest BCUT2D eigenvalue weighted by molar-refractivity contribution is 5.93. The second kappa shape index (κ2) is 6.22. The van der Waals surface area contributed by atoms with Crippen LogP contribution in [0.1, 0.15) is 43.4 Å². The van der Waals surface area contributed by atoms with Crippen LogP contribution in [0.15, 0.2) is 12.1 Å². The van der Waals surface area contributed by atoms with Crippen molar-refractivity contribution in [3.8, 4) is 0 Å². The maximum atomic E-state index is 14.1. The van der Waals surface area contributed by atoms with E-state index in [-0.39, 0.29) is 24.2 Å². The topological polar surface area (TPSA) is 98.2 Å². The Kier molecular flexibility index (Phi) is 4.57. The molecular weight excluding hydrogens is 273 g/mol. The number of benzene rings is 1. The summed E-state index contributed by atoms with van der Waals surface area (Å²) < 4.78 is 14.1. The van der Waals surface area contributed by atoms with E-state index >= 15 is 0 Å². The van der Waals surface area contributed by atoms with Gasteiger partial charge in [0.1, 0.15) is 5.82 Å². The first-order chi connectivity index (χ1) is 9.86. The predicted octanol–water partition coefficient (Wildman–Crippen LogP) is 1.61. The molecule has 2 atom stereocenters. The SMILES string of the molecule is CC(CC(N)=O)CC(N)c1cc2c(cc1F)NC(=O)CC2. The highest BCUT2D eigenvalue weighted by Crippen LogP contribution is 2.30. The fraction of sp³-hybridized carbons (Fsp3) is 0.467. The van der Waals surface area contributed by atoms with Gasteiger partial charge in [0.05, 0.1) is 0 Å². The van der Waals surface area contributed by atoms with E-state index in [1.807, 2.05) is 6.92 Å². The summed E-state index contributed by atoms with van der Waals surface area (Å²) in [4.78, 5) is 22.2. The van der Waals surface area contributed by atoms with Gasteiger partial charge in [-0.05, 0) is 36.5 Å². The van der Waals surface area contributed by atoms with Gasteiger partial charge in [-0.1, -0.05) is 6.92 Å². The van der Waals surface area contributed by atoms with Crippen LogP contribution in [0.5, 0.6) is 0 Å². The van der Waals surface area contributed by atoms with Gasteiger partial charge in [0.25, 0.3) is 0 Å². The van der Waals surface area contributed by atoms with Crippen molar-refractivity contribution in [2.45, 2.75) is 38.6 Å². The van der Waals surface area contributed by atoms with Crippen LogP contribution in [-0.2, 0) is 16.0 Å². The van der Waals surface area contributed by atoms with E-state index in [1.54, 1.807) is 6.07 Å². The molecule has 5 N–H and O–H groups in total. The van der Waals surface area contributed by atoms with Gasteiger partial charge >= 0.3 is 0 Å². The van der Waals surface area contributed by atoms with Crippen molar-refractivity contribution in [1.82, 2.24) is 0 Å². The van der Waals surface area contributed by atoms with Gasteiger partial charge in [-0.2, -0.15) is 0 Å². The molecule has 5 nitrogen and oxygen atoms in total. The number of rotatable bonds is 5.